The lowest BCUT2D eigenvalue weighted by atomic mass is 9.78. The lowest BCUT2D eigenvalue weighted by molar-refractivity contribution is -0.137. The zero-order valence-corrected chi connectivity index (χ0v) is 16.7. The van der Waals surface area contributed by atoms with E-state index in [0.717, 1.165) is 23.1 Å². The van der Waals surface area contributed by atoms with Gasteiger partial charge in [0.1, 0.15) is 5.60 Å². The molecule has 0 saturated carbocycles. The number of alkyl halides is 3. The molecule has 0 aliphatic carbocycles. The number of halogens is 3. The van der Waals surface area contributed by atoms with E-state index in [1.807, 2.05) is 6.92 Å². The van der Waals surface area contributed by atoms with E-state index in [4.69, 9.17) is 14.7 Å². The summed E-state index contributed by atoms with van der Waals surface area (Å²) in [5.41, 5.74) is -3.13. The van der Waals surface area contributed by atoms with Crippen LogP contribution in [0.25, 0.3) is 5.69 Å². The molecule has 9 heteroatoms. The number of hydrogen-bond acceptors (Lipinski definition) is 5. The number of rotatable bonds is 4. The molecule has 3 atom stereocenters. The molecule has 6 nitrogen and oxygen atoms in total. The average Bonchev–Trinajstić information content (AvgIpc) is 3.19. The van der Waals surface area contributed by atoms with E-state index in [0.29, 0.717) is 24.2 Å². The number of aromatic nitrogens is 1. The molecule has 0 amide bonds. The highest BCUT2D eigenvalue weighted by molar-refractivity contribution is 5.62. The molecule has 2 aliphatic rings. The minimum atomic E-state index is -4.76. The quantitative estimate of drug-likeness (QED) is 0.761. The van der Waals surface area contributed by atoms with Crippen molar-refractivity contribution in [1.82, 2.24) is 4.57 Å². The van der Waals surface area contributed by atoms with Crippen LogP contribution in [0, 0.1) is 11.3 Å². The van der Waals surface area contributed by atoms with E-state index in [2.05, 4.69) is 0 Å². The maximum Gasteiger partial charge on any atom is 0.417 e. The van der Waals surface area contributed by atoms with Crippen molar-refractivity contribution in [2.45, 2.75) is 57.1 Å². The number of nitrogens with zero attached hydrogens (tertiary/aromatic N) is 2. The Kier molecular flexibility index (Phi) is 4.39. The normalized spacial score (nSPS) is 27.3. The van der Waals surface area contributed by atoms with Crippen LogP contribution >= 0.6 is 0 Å². The molecular formula is C21H21F3N2O4. The maximum atomic E-state index is 13.4. The fourth-order valence-corrected chi connectivity index (χ4v) is 4.73. The number of aromatic hydroxyl groups is 2. The summed E-state index contributed by atoms with van der Waals surface area (Å²) in [4.78, 5) is 0. The van der Waals surface area contributed by atoms with Crippen LogP contribution in [-0.4, -0.2) is 27.5 Å². The van der Waals surface area contributed by atoms with E-state index >= 15 is 0 Å². The smallest absolute Gasteiger partial charge is 0.417 e. The van der Waals surface area contributed by atoms with Crippen molar-refractivity contribution in [2.75, 3.05) is 6.61 Å². The Morgan fingerprint density at radius 1 is 1.27 bits per heavy atom. The fraction of sp³-hybridized carbons (Fsp3) is 0.476. The van der Waals surface area contributed by atoms with Crippen molar-refractivity contribution in [3.63, 3.8) is 0 Å². The standard InChI is InChI=1S/C21H21F3N2O4/c1-4-7-29-14-9-19(2)15-16(20(14,3)30-19)18(28)26(17(15)27)12-6-5-11(10-25)13(8-12)21(22,23)24/h5-6,8,14,27-28H,4,7,9H2,1-3H3/t14-,19+,20-/m1/s1. The first kappa shape index (κ1) is 20.6. The summed E-state index contributed by atoms with van der Waals surface area (Å²) in [6.45, 7) is 5.96. The van der Waals surface area contributed by atoms with Gasteiger partial charge in [-0.1, -0.05) is 6.92 Å². The topological polar surface area (TPSA) is 87.6 Å². The second kappa shape index (κ2) is 6.40. The van der Waals surface area contributed by atoms with E-state index < -0.39 is 34.4 Å². The SMILES string of the molecule is CCCO[C@@H]1C[C@]2(C)O[C@@]1(C)c1c2c(O)n(-c2ccc(C#N)c(C(F)(F)F)c2)c1O. The van der Waals surface area contributed by atoms with Crippen LogP contribution < -0.4 is 0 Å². The molecule has 1 aromatic carbocycles. The lowest BCUT2D eigenvalue weighted by Gasteiger charge is -2.29. The van der Waals surface area contributed by atoms with Gasteiger partial charge in [0, 0.05) is 13.0 Å². The number of benzene rings is 1. The van der Waals surface area contributed by atoms with Gasteiger partial charge in [-0.15, -0.1) is 0 Å². The Balaban J connectivity index is 1.89. The summed E-state index contributed by atoms with van der Waals surface area (Å²) in [5.74, 6) is -0.795. The number of hydrogen-bond donors (Lipinski definition) is 2. The van der Waals surface area contributed by atoms with Gasteiger partial charge in [-0.05, 0) is 38.5 Å². The number of nitriles is 1. The zero-order chi connectivity index (χ0) is 22.1. The van der Waals surface area contributed by atoms with E-state index in [1.165, 1.54) is 12.1 Å². The van der Waals surface area contributed by atoms with Crippen molar-refractivity contribution in [2.24, 2.45) is 0 Å². The van der Waals surface area contributed by atoms with Gasteiger partial charge in [-0.2, -0.15) is 18.4 Å². The average molecular weight is 422 g/mol. The Hall–Kier alpha value is -2.70. The Morgan fingerprint density at radius 3 is 2.53 bits per heavy atom. The molecule has 0 radical (unpaired) electrons. The number of ether oxygens (including phenoxy) is 2. The lowest BCUT2D eigenvalue weighted by Crippen LogP contribution is -2.35. The van der Waals surface area contributed by atoms with Crippen molar-refractivity contribution in [3.05, 3.63) is 40.5 Å². The first-order valence-electron chi connectivity index (χ1n) is 9.59. The van der Waals surface area contributed by atoms with Crippen molar-refractivity contribution in [3.8, 4) is 23.5 Å². The van der Waals surface area contributed by atoms with Crippen LogP contribution in [0.2, 0.25) is 0 Å². The van der Waals surface area contributed by atoms with Gasteiger partial charge in [-0.25, -0.2) is 0 Å². The molecule has 160 valence electrons. The summed E-state index contributed by atoms with van der Waals surface area (Å²) in [6, 6.07) is 4.53. The highest BCUT2D eigenvalue weighted by atomic mass is 19.4. The van der Waals surface area contributed by atoms with Gasteiger partial charge in [0.25, 0.3) is 0 Å². The van der Waals surface area contributed by atoms with Gasteiger partial charge in [0.15, 0.2) is 0 Å². The molecule has 0 unspecified atom stereocenters. The highest BCUT2D eigenvalue weighted by Gasteiger charge is 2.65. The van der Waals surface area contributed by atoms with Gasteiger partial charge >= 0.3 is 6.18 Å². The zero-order valence-electron chi connectivity index (χ0n) is 16.7. The largest absolute Gasteiger partial charge is 0.494 e. The van der Waals surface area contributed by atoms with Gasteiger partial charge in [0.05, 0.1) is 45.7 Å². The highest BCUT2D eigenvalue weighted by Crippen LogP contribution is 2.65. The van der Waals surface area contributed by atoms with E-state index in [9.17, 15) is 23.4 Å². The van der Waals surface area contributed by atoms with E-state index in [1.54, 1.807) is 13.8 Å². The van der Waals surface area contributed by atoms with Crippen molar-refractivity contribution in [1.29, 1.82) is 5.26 Å². The molecule has 30 heavy (non-hydrogen) atoms. The summed E-state index contributed by atoms with van der Waals surface area (Å²) in [6.07, 6.45) is -3.90. The predicted octanol–water partition coefficient (Wildman–Crippen LogP) is 4.44. The third kappa shape index (κ3) is 2.63. The third-order valence-electron chi connectivity index (χ3n) is 5.98. The third-order valence-corrected chi connectivity index (χ3v) is 5.98. The minimum absolute atomic E-state index is 0.108. The molecule has 2 bridgehead atoms. The molecule has 2 aliphatic heterocycles. The van der Waals surface area contributed by atoms with Crippen molar-refractivity contribution < 1.29 is 32.9 Å². The number of fused-ring (bicyclic) bond motifs is 5. The summed E-state index contributed by atoms with van der Waals surface area (Å²) in [7, 11) is 0. The van der Waals surface area contributed by atoms with E-state index in [-0.39, 0.29) is 17.7 Å². The Labute approximate surface area is 171 Å². The summed E-state index contributed by atoms with van der Waals surface area (Å²) >= 11 is 0. The molecule has 1 aromatic heterocycles. The second-order valence-electron chi connectivity index (χ2n) is 8.08. The van der Waals surface area contributed by atoms with Crippen LogP contribution in [0.3, 0.4) is 0 Å². The van der Waals surface area contributed by atoms with Gasteiger partial charge in [-0.3, -0.25) is 4.57 Å². The Morgan fingerprint density at radius 2 is 1.93 bits per heavy atom. The maximum absolute atomic E-state index is 13.4. The first-order valence-corrected chi connectivity index (χ1v) is 9.59. The van der Waals surface area contributed by atoms with Gasteiger partial charge < -0.3 is 19.7 Å². The molecule has 0 spiro atoms. The molecule has 4 rings (SSSR count). The molecule has 1 fully saturated rings. The molecule has 2 aromatic rings. The Bertz CT molecular complexity index is 1070. The van der Waals surface area contributed by atoms with Crippen LogP contribution in [0.5, 0.6) is 11.8 Å². The summed E-state index contributed by atoms with van der Waals surface area (Å²) < 4.78 is 53.2. The van der Waals surface area contributed by atoms with Crippen LogP contribution in [0.4, 0.5) is 13.2 Å². The molecule has 3 heterocycles. The first-order chi connectivity index (χ1) is 14.0. The van der Waals surface area contributed by atoms with Crippen LogP contribution in [0.1, 0.15) is 55.9 Å². The predicted molar refractivity (Wildman–Crippen MR) is 99.3 cm³/mol. The summed E-state index contributed by atoms with van der Waals surface area (Å²) in [5, 5.41) is 30.9. The van der Waals surface area contributed by atoms with Crippen LogP contribution in [0.15, 0.2) is 18.2 Å². The van der Waals surface area contributed by atoms with Crippen molar-refractivity contribution >= 4 is 0 Å². The van der Waals surface area contributed by atoms with Crippen LogP contribution in [-0.2, 0) is 26.9 Å². The minimum Gasteiger partial charge on any atom is -0.494 e. The fourth-order valence-electron chi connectivity index (χ4n) is 4.73. The molecule has 2 N–H and O–H groups in total. The van der Waals surface area contributed by atoms with Gasteiger partial charge in [0.2, 0.25) is 11.8 Å². The monoisotopic (exact) mass is 422 g/mol. The molecular weight excluding hydrogens is 401 g/mol. The second-order valence-corrected chi connectivity index (χ2v) is 8.08. The molecule has 1 saturated heterocycles.